The van der Waals surface area contributed by atoms with Crippen LogP contribution in [0.1, 0.15) is 33.6 Å². The summed E-state index contributed by atoms with van der Waals surface area (Å²) in [5.41, 5.74) is 5.72. The largest absolute Gasteiger partial charge is 0.387 e. The minimum atomic E-state index is 0.408. The lowest BCUT2D eigenvalue weighted by molar-refractivity contribution is 0.291. The van der Waals surface area contributed by atoms with E-state index in [0.29, 0.717) is 12.0 Å². The van der Waals surface area contributed by atoms with Crippen LogP contribution in [0.5, 0.6) is 0 Å². The molecule has 2 nitrogen and oxygen atoms in total. The van der Waals surface area contributed by atoms with E-state index < -0.39 is 0 Å². The number of hydrogen-bond donors (Lipinski definition) is 1. The Kier molecular flexibility index (Phi) is 2.53. The molecule has 0 aromatic carbocycles. The molecule has 0 saturated heterocycles. The molecule has 0 aromatic heterocycles. The highest BCUT2D eigenvalue weighted by Crippen LogP contribution is 2.29. The molecule has 0 radical (unpaired) electrons. The Hall–Kier alpha value is -0.530. The van der Waals surface area contributed by atoms with E-state index in [1.165, 1.54) is 12.8 Å². The zero-order valence-corrected chi connectivity index (χ0v) is 7.67. The van der Waals surface area contributed by atoms with Crippen LogP contribution in [0.3, 0.4) is 0 Å². The summed E-state index contributed by atoms with van der Waals surface area (Å²) >= 11 is 0. The molecule has 2 N–H and O–H groups in total. The molecule has 0 bridgehead atoms. The molecule has 0 spiro atoms. The van der Waals surface area contributed by atoms with Gasteiger partial charge in [0.05, 0.1) is 11.9 Å². The molecule has 1 saturated carbocycles. The van der Waals surface area contributed by atoms with E-state index >= 15 is 0 Å². The predicted octanol–water partition coefficient (Wildman–Crippen LogP) is 1.80. The van der Waals surface area contributed by atoms with Gasteiger partial charge in [-0.1, -0.05) is 20.8 Å². The third kappa shape index (κ3) is 2.21. The minimum Gasteiger partial charge on any atom is -0.387 e. The molecular formula is C9H18N2. The van der Waals surface area contributed by atoms with Crippen LogP contribution in [0.15, 0.2) is 4.99 Å². The van der Waals surface area contributed by atoms with Crippen LogP contribution in [0, 0.1) is 11.8 Å². The number of nitrogens with two attached hydrogens (primary N) is 1. The third-order valence-corrected chi connectivity index (χ3v) is 2.27. The Balaban J connectivity index is 2.34. The fourth-order valence-electron chi connectivity index (χ4n) is 1.33. The van der Waals surface area contributed by atoms with Gasteiger partial charge in [-0.2, -0.15) is 0 Å². The van der Waals surface area contributed by atoms with Gasteiger partial charge in [0.2, 0.25) is 0 Å². The van der Waals surface area contributed by atoms with Crippen molar-refractivity contribution < 1.29 is 0 Å². The minimum absolute atomic E-state index is 0.408. The zero-order valence-electron chi connectivity index (χ0n) is 7.67. The van der Waals surface area contributed by atoms with Crippen molar-refractivity contribution in [3.63, 3.8) is 0 Å². The summed E-state index contributed by atoms with van der Waals surface area (Å²) < 4.78 is 0. The molecule has 2 heteroatoms. The van der Waals surface area contributed by atoms with E-state index in [-0.39, 0.29) is 0 Å². The van der Waals surface area contributed by atoms with Crippen LogP contribution < -0.4 is 5.73 Å². The number of aliphatic imine (C=N–C) groups is 1. The first kappa shape index (κ1) is 8.57. The highest BCUT2D eigenvalue weighted by atomic mass is 14.9. The van der Waals surface area contributed by atoms with Crippen molar-refractivity contribution >= 4 is 5.84 Å². The Morgan fingerprint density at radius 3 is 2.36 bits per heavy atom. The van der Waals surface area contributed by atoms with Crippen molar-refractivity contribution in [1.29, 1.82) is 0 Å². The van der Waals surface area contributed by atoms with Crippen molar-refractivity contribution in [2.75, 3.05) is 0 Å². The molecule has 0 heterocycles. The molecule has 0 aromatic rings. The van der Waals surface area contributed by atoms with Crippen LogP contribution in [0.25, 0.3) is 0 Å². The van der Waals surface area contributed by atoms with Gasteiger partial charge in [0.25, 0.3) is 0 Å². The fraction of sp³-hybridized carbons (Fsp3) is 0.889. The summed E-state index contributed by atoms with van der Waals surface area (Å²) in [5.74, 6) is 2.09. The van der Waals surface area contributed by atoms with Gasteiger partial charge in [0.1, 0.15) is 0 Å². The lowest BCUT2D eigenvalue weighted by Crippen LogP contribution is -2.29. The summed E-state index contributed by atoms with van der Waals surface area (Å²) in [6.45, 7) is 6.43. The monoisotopic (exact) mass is 154 g/mol. The number of amidine groups is 1. The first-order chi connectivity index (χ1) is 5.09. The zero-order chi connectivity index (χ0) is 8.43. The van der Waals surface area contributed by atoms with E-state index in [1.54, 1.807) is 0 Å². The SMILES string of the molecule is CC1CC(N=C(N)C(C)C)C1. The first-order valence-electron chi connectivity index (χ1n) is 4.42. The normalized spacial score (nSPS) is 32.2. The number of hydrogen-bond acceptors (Lipinski definition) is 1. The second-order valence-corrected chi connectivity index (χ2v) is 3.94. The molecule has 1 aliphatic rings. The van der Waals surface area contributed by atoms with Gasteiger partial charge in [-0.3, -0.25) is 4.99 Å². The summed E-state index contributed by atoms with van der Waals surface area (Å²) in [4.78, 5) is 4.43. The lowest BCUT2D eigenvalue weighted by atomic mass is 9.82. The van der Waals surface area contributed by atoms with E-state index in [2.05, 4.69) is 25.8 Å². The van der Waals surface area contributed by atoms with Crippen molar-refractivity contribution in [2.24, 2.45) is 22.6 Å². The molecule has 0 amide bonds. The second kappa shape index (κ2) is 3.24. The van der Waals surface area contributed by atoms with Gasteiger partial charge in [0.15, 0.2) is 0 Å². The molecule has 0 aliphatic heterocycles. The molecule has 0 unspecified atom stereocenters. The predicted molar refractivity (Wildman–Crippen MR) is 48.6 cm³/mol. The van der Waals surface area contributed by atoms with Crippen molar-refractivity contribution in [3.8, 4) is 0 Å². The molecule has 0 atom stereocenters. The average molecular weight is 154 g/mol. The molecule has 64 valence electrons. The van der Waals surface area contributed by atoms with Crippen LogP contribution in [0.2, 0.25) is 0 Å². The van der Waals surface area contributed by atoms with Gasteiger partial charge < -0.3 is 5.73 Å². The maximum Gasteiger partial charge on any atom is 0.0966 e. The van der Waals surface area contributed by atoms with E-state index in [1.807, 2.05) is 0 Å². The van der Waals surface area contributed by atoms with Gasteiger partial charge in [-0.05, 0) is 18.8 Å². The Labute approximate surface area is 68.9 Å². The summed E-state index contributed by atoms with van der Waals surface area (Å²) in [6.07, 6.45) is 2.46. The van der Waals surface area contributed by atoms with Gasteiger partial charge in [-0.15, -0.1) is 0 Å². The third-order valence-electron chi connectivity index (χ3n) is 2.27. The molecule has 1 rings (SSSR count). The van der Waals surface area contributed by atoms with Gasteiger partial charge in [0, 0.05) is 5.92 Å². The fourth-order valence-corrected chi connectivity index (χ4v) is 1.33. The van der Waals surface area contributed by atoms with E-state index in [4.69, 9.17) is 5.73 Å². The van der Waals surface area contributed by atoms with Crippen LogP contribution in [-0.4, -0.2) is 11.9 Å². The van der Waals surface area contributed by atoms with Crippen LogP contribution >= 0.6 is 0 Å². The van der Waals surface area contributed by atoms with E-state index in [9.17, 15) is 0 Å². The highest BCUT2D eigenvalue weighted by molar-refractivity contribution is 5.82. The maximum atomic E-state index is 5.72. The lowest BCUT2D eigenvalue weighted by Gasteiger charge is -2.29. The van der Waals surface area contributed by atoms with Crippen molar-refractivity contribution in [3.05, 3.63) is 0 Å². The number of nitrogens with zero attached hydrogens (tertiary/aromatic N) is 1. The summed E-state index contributed by atoms with van der Waals surface area (Å²) in [5, 5.41) is 0. The summed E-state index contributed by atoms with van der Waals surface area (Å²) in [7, 11) is 0. The average Bonchev–Trinajstić information content (AvgIpc) is 1.84. The maximum absolute atomic E-state index is 5.72. The topological polar surface area (TPSA) is 38.4 Å². The van der Waals surface area contributed by atoms with Gasteiger partial charge in [-0.25, -0.2) is 0 Å². The summed E-state index contributed by atoms with van der Waals surface area (Å²) in [6, 6.07) is 0.535. The Morgan fingerprint density at radius 2 is 2.00 bits per heavy atom. The van der Waals surface area contributed by atoms with Crippen molar-refractivity contribution in [2.45, 2.75) is 39.7 Å². The second-order valence-electron chi connectivity index (χ2n) is 3.94. The van der Waals surface area contributed by atoms with Gasteiger partial charge >= 0.3 is 0 Å². The highest BCUT2D eigenvalue weighted by Gasteiger charge is 2.24. The number of rotatable bonds is 2. The van der Waals surface area contributed by atoms with Crippen LogP contribution in [-0.2, 0) is 0 Å². The smallest absolute Gasteiger partial charge is 0.0966 e. The molecule has 1 fully saturated rings. The Bertz CT molecular complexity index is 155. The molecule has 1 aliphatic carbocycles. The first-order valence-corrected chi connectivity index (χ1v) is 4.42. The van der Waals surface area contributed by atoms with Crippen molar-refractivity contribution in [1.82, 2.24) is 0 Å². The van der Waals surface area contributed by atoms with E-state index in [0.717, 1.165) is 11.8 Å². The quantitative estimate of drug-likeness (QED) is 0.478. The molecular weight excluding hydrogens is 136 g/mol. The standard InChI is InChI=1S/C9H18N2/c1-6(2)9(10)11-8-4-7(3)5-8/h6-8H,4-5H2,1-3H3,(H2,10,11). The Morgan fingerprint density at radius 1 is 1.45 bits per heavy atom. The van der Waals surface area contributed by atoms with Crippen LogP contribution in [0.4, 0.5) is 0 Å². The molecule has 11 heavy (non-hydrogen) atoms.